The minimum absolute atomic E-state index is 0.0593. The number of anilines is 1. The molecule has 0 spiro atoms. The van der Waals surface area contributed by atoms with E-state index in [-0.39, 0.29) is 29.5 Å². The molecule has 1 fully saturated rings. The van der Waals surface area contributed by atoms with Gasteiger partial charge in [-0.1, -0.05) is 0 Å². The van der Waals surface area contributed by atoms with Gasteiger partial charge in [-0.2, -0.15) is 0 Å². The highest BCUT2D eigenvalue weighted by Gasteiger charge is 2.39. The summed E-state index contributed by atoms with van der Waals surface area (Å²) in [6.07, 6.45) is 0.394. The predicted octanol–water partition coefficient (Wildman–Crippen LogP) is 0.305. The lowest BCUT2D eigenvalue weighted by Crippen LogP contribution is -2.47. The van der Waals surface area contributed by atoms with Crippen LogP contribution in [0.5, 0.6) is 11.5 Å². The van der Waals surface area contributed by atoms with Crippen molar-refractivity contribution in [2.45, 2.75) is 18.9 Å². The standard InChI is InChI=1S/C13H16N2O5S/c1-13(2-3-21(17,18)6-13)15-12(16)8-4-10-11(5-9(8)14)20-7-19-10/h4-5H,2-3,6-7,14H2,1H3,(H,15,16). The van der Waals surface area contributed by atoms with Gasteiger partial charge in [-0.05, 0) is 19.4 Å². The minimum atomic E-state index is -3.09. The van der Waals surface area contributed by atoms with Crippen LogP contribution in [0, 0.1) is 0 Å². The number of carbonyl (C=O) groups excluding carboxylic acids is 1. The number of ether oxygens (including phenoxy) is 2. The highest BCUT2D eigenvalue weighted by atomic mass is 32.2. The zero-order valence-corrected chi connectivity index (χ0v) is 12.3. The van der Waals surface area contributed by atoms with Crippen LogP contribution in [0.2, 0.25) is 0 Å². The van der Waals surface area contributed by atoms with E-state index in [0.717, 1.165) is 0 Å². The van der Waals surface area contributed by atoms with E-state index in [9.17, 15) is 13.2 Å². The third-order valence-corrected chi connectivity index (χ3v) is 5.61. The molecule has 2 aliphatic rings. The van der Waals surface area contributed by atoms with Crippen LogP contribution in [-0.2, 0) is 9.84 Å². The summed E-state index contributed by atoms with van der Waals surface area (Å²) in [6.45, 7) is 1.81. The SMILES string of the molecule is CC1(NC(=O)c2cc3c(cc2N)OCO3)CCS(=O)(=O)C1. The van der Waals surface area contributed by atoms with Gasteiger partial charge >= 0.3 is 0 Å². The molecule has 3 N–H and O–H groups in total. The fourth-order valence-electron chi connectivity index (χ4n) is 2.60. The van der Waals surface area contributed by atoms with Crippen LogP contribution in [0.25, 0.3) is 0 Å². The van der Waals surface area contributed by atoms with Gasteiger partial charge < -0.3 is 20.5 Å². The molecule has 114 valence electrons. The largest absolute Gasteiger partial charge is 0.454 e. The molecule has 0 aliphatic carbocycles. The van der Waals surface area contributed by atoms with Crippen molar-refractivity contribution < 1.29 is 22.7 Å². The number of hydrogen-bond acceptors (Lipinski definition) is 6. The van der Waals surface area contributed by atoms with E-state index in [4.69, 9.17) is 15.2 Å². The average Bonchev–Trinajstić information content (AvgIpc) is 2.91. The predicted molar refractivity (Wildman–Crippen MR) is 76.1 cm³/mol. The first-order valence-electron chi connectivity index (χ1n) is 6.50. The molecule has 0 radical (unpaired) electrons. The Morgan fingerprint density at radius 2 is 2.00 bits per heavy atom. The molecule has 1 atom stereocenters. The second-order valence-electron chi connectivity index (χ2n) is 5.65. The molecule has 1 amide bonds. The van der Waals surface area contributed by atoms with Crippen molar-refractivity contribution in [3.63, 3.8) is 0 Å². The molecule has 1 aromatic rings. The molecule has 0 aromatic heterocycles. The van der Waals surface area contributed by atoms with Gasteiger partial charge in [0.1, 0.15) is 0 Å². The van der Waals surface area contributed by atoms with Crippen LogP contribution < -0.4 is 20.5 Å². The molecule has 3 rings (SSSR count). The van der Waals surface area contributed by atoms with Gasteiger partial charge in [0.25, 0.3) is 5.91 Å². The van der Waals surface area contributed by atoms with Gasteiger partial charge in [-0.25, -0.2) is 8.42 Å². The summed E-state index contributed by atoms with van der Waals surface area (Å²) < 4.78 is 33.5. The molecule has 21 heavy (non-hydrogen) atoms. The summed E-state index contributed by atoms with van der Waals surface area (Å²) >= 11 is 0. The minimum Gasteiger partial charge on any atom is -0.454 e. The molecule has 1 saturated heterocycles. The number of nitrogen functional groups attached to an aromatic ring is 1. The summed E-state index contributed by atoms with van der Waals surface area (Å²) in [6, 6.07) is 3.05. The van der Waals surface area contributed by atoms with E-state index >= 15 is 0 Å². The molecule has 2 aliphatic heterocycles. The maximum absolute atomic E-state index is 12.4. The van der Waals surface area contributed by atoms with E-state index in [0.29, 0.717) is 17.9 Å². The molecule has 8 heteroatoms. The lowest BCUT2D eigenvalue weighted by atomic mass is 10.0. The number of sulfone groups is 1. The molecular weight excluding hydrogens is 296 g/mol. The first kappa shape index (κ1) is 14.0. The van der Waals surface area contributed by atoms with Crippen molar-refractivity contribution in [1.29, 1.82) is 0 Å². The molecule has 1 aromatic carbocycles. The monoisotopic (exact) mass is 312 g/mol. The molecule has 0 bridgehead atoms. The molecule has 0 saturated carbocycles. The Bertz CT molecular complexity index is 716. The van der Waals surface area contributed by atoms with Crippen LogP contribution in [0.15, 0.2) is 12.1 Å². The topological polar surface area (TPSA) is 108 Å². The lowest BCUT2D eigenvalue weighted by molar-refractivity contribution is 0.0916. The number of nitrogens with two attached hydrogens (primary N) is 1. The Labute approximate surface area is 122 Å². The average molecular weight is 312 g/mol. The van der Waals surface area contributed by atoms with Crippen molar-refractivity contribution >= 4 is 21.4 Å². The van der Waals surface area contributed by atoms with Crippen molar-refractivity contribution in [2.75, 3.05) is 24.0 Å². The maximum atomic E-state index is 12.4. The van der Waals surface area contributed by atoms with Crippen molar-refractivity contribution in [3.8, 4) is 11.5 Å². The van der Waals surface area contributed by atoms with Crippen LogP contribution in [0.1, 0.15) is 23.7 Å². The molecule has 2 heterocycles. The Morgan fingerprint density at radius 3 is 2.62 bits per heavy atom. The fraction of sp³-hybridized carbons (Fsp3) is 0.462. The maximum Gasteiger partial charge on any atom is 0.253 e. The number of amides is 1. The Morgan fingerprint density at radius 1 is 1.33 bits per heavy atom. The summed E-state index contributed by atoms with van der Waals surface area (Å²) in [5, 5.41) is 2.76. The smallest absolute Gasteiger partial charge is 0.253 e. The Kier molecular flexibility index (Phi) is 3.01. The van der Waals surface area contributed by atoms with E-state index < -0.39 is 21.3 Å². The zero-order valence-electron chi connectivity index (χ0n) is 11.5. The van der Waals surface area contributed by atoms with Crippen LogP contribution in [0.4, 0.5) is 5.69 Å². The lowest BCUT2D eigenvalue weighted by Gasteiger charge is -2.24. The van der Waals surface area contributed by atoms with Gasteiger partial charge in [0.05, 0.1) is 22.6 Å². The van der Waals surface area contributed by atoms with Gasteiger partial charge in [0.2, 0.25) is 6.79 Å². The summed E-state index contributed by atoms with van der Waals surface area (Å²) in [7, 11) is -3.09. The first-order valence-corrected chi connectivity index (χ1v) is 8.32. The summed E-state index contributed by atoms with van der Waals surface area (Å²) in [5.74, 6) is 0.569. The van der Waals surface area contributed by atoms with Gasteiger partial charge in [0, 0.05) is 11.8 Å². The van der Waals surface area contributed by atoms with Crippen molar-refractivity contribution in [1.82, 2.24) is 5.32 Å². The van der Waals surface area contributed by atoms with E-state index in [1.54, 1.807) is 6.92 Å². The first-order chi connectivity index (χ1) is 9.78. The Hall–Kier alpha value is -1.96. The van der Waals surface area contributed by atoms with Crippen LogP contribution >= 0.6 is 0 Å². The fourth-order valence-corrected chi connectivity index (χ4v) is 4.70. The highest BCUT2D eigenvalue weighted by molar-refractivity contribution is 7.91. The number of nitrogens with one attached hydrogen (secondary N) is 1. The zero-order chi connectivity index (χ0) is 15.3. The molecule has 7 nitrogen and oxygen atoms in total. The summed E-state index contributed by atoms with van der Waals surface area (Å²) in [4.78, 5) is 12.4. The number of rotatable bonds is 2. The van der Waals surface area contributed by atoms with Crippen LogP contribution in [0.3, 0.4) is 0 Å². The number of hydrogen-bond donors (Lipinski definition) is 2. The third kappa shape index (κ3) is 2.63. The van der Waals surface area contributed by atoms with Crippen LogP contribution in [-0.4, -0.2) is 38.2 Å². The highest BCUT2D eigenvalue weighted by Crippen LogP contribution is 2.36. The van der Waals surface area contributed by atoms with Gasteiger partial charge in [-0.3, -0.25) is 4.79 Å². The van der Waals surface area contributed by atoms with E-state index in [1.807, 2.05) is 0 Å². The molecular formula is C13H16N2O5S. The van der Waals surface area contributed by atoms with Crippen molar-refractivity contribution in [2.24, 2.45) is 0 Å². The van der Waals surface area contributed by atoms with E-state index in [2.05, 4.69) is 5.32 Å². The van der Waals surface area contributed by atoms with Gasteiger partial charge in [-0.15, -0.1) is 0 Å². The number of carbonyl (C=O) groups is 1. The second kappa shape index (κ2) is 4.52. The third-order valence-electron chi connectivity index (χ3n) is 3.71. The molecule has 1 unspecified atom stereocenters. The normalized spacial score (nSPS) is 25.8. The van der Waals surface area contributed by atoms with Crippen molar-refractivity contribution in [3.05, 3.63) is 17.7 Å². The summed E-state index contributed by atoms with van der Waals surface area (Å²) in [5.41, 5.74) is 5.60. The number of benzene rings is 1. The second-order valence-corrected chi connectivity index (χ2v) is 7.83. The number of fused-ring (bicyclic) bond motifs is 1. The quantitative estimate of drug-likeness (QED) is 0.761. The van der Waals surface area contributed by atoms with Gasteiger partial charge in [0.15, 0.2) is 21.3 Å². The van der Waals surface area contributed by atoms with E-state index in [1.165, 1.54) is 12.1 Å². The Balaban J connectivity index is 1.83.